The topological polar surface area (TPSA) is 60.6 Å². The van der Waals surface area contributed by atoms with Gasteiger partial charge in [0.2, 0.25) is 0 Å². The summed E-state index contributed by atoms with van der Waals surface area (Å²) >= 11 is 5.85. The molecule has 1 aliphatic carbocycles. The molecule has 0 unspecified atom stereocenters. The Kier molecular flexibility index (Phi) is 10.0. The zero-order chi connectivity index (χ0) is 23.6. The molecule has 33 heavy (non-hydrogen) atoms. The van der Waals surface area contributed by atoms with Gasteiger partial charge in [0, 0.05) is 29.1 Å². The molecule has 0 bridgehead atoms. The lowest BCUT2D eigenvalue weighted by Gasteiger charge is -2.36. The third-order valence-corrected chi connectivity index (χ3v) is 7.02. The lowest BCUT2D eigenvalue weighted by molar-refractivity contribution is 0.233. The van der Waals surface area contributed by atoms with Crippen LogP contribution in [0, 0.1) is 0 Å². The number of fused-ring (bicyclic) bond motifs is 1. The first-order chi connectivity index (χ1) is 16.0. The molecule has 6 nitrogen and oxygen atoms in total. The maximum Gasteiger partial charge on any atom is 0.253 e. The number of rotatable bonds is 11. The Labute approximate surface area is 203 Å². The molecule has 0 amide bonds. The van der Waals surface area contributed by atoms with Crippen LogP contribution < -0.4 is 15.6 Å². The van der Waals surface area contributed by atoms with E-state index in [4.69, 9.17) is 17.0 Å². The first-order valence-electron chi connectivity index (χ1n) is 12.6. The number of pyridine rings is 1. The largest absolute Gasteiger partial charge is 0.494 e. The summed E-state index contributed by atoms with van der Waals surface area (Å²) in [4.78, 5) is 20.6. The van der Waals surface area contributed by atoms with E-state index in [1.165, 1.54) is 19.3 Å². The summed E-state index contributed by atoms with van der Waals surface area (Å²) in [6.07, 6.45) is 7.03. The maximum atomic E-state index is 12.9. The summed E-state index contributed by atoms with van der Waals surface area (Å²) < 4.78 is 5.65. The number of hydrogen-bond donors (Lipinski definition) is 2. The standard InChI is InChI=1S/C26H40N4O2S/c1-4-29(5-2)16-10-15-27-26(33)30(22-11-8-7-9-12-22)19-21-17-20-18-23(32-6-3)13-14-24(20)28-25(21)31/h13-14,17-18,22H,4-12,15-16,19H2,1-3H3,(H,27,33)(H,28,31). The van der Waals surface area contributed by atoms with Gasteiger partial charge >= 0.3 is 0 Å². The molecular formula is C26H40N4O2S. The fourth-order valence-electron chi connectivity index (χ4n) is 4.69. The predicted molar refractivity (Wildman–Crippen MR) is 141 cm³/mol. The smallest absolute Gasteiger partial charge is 0.253 e. The van der Waals surface area contributed by atoms with Gasteiger partial charge < -0.3 is 24.8 Å². The van der Waals surface area contributed by atoms with Crippen LogP contribution in [-0.2, 0) is 6.54 Å². The van der Waals surface area contributed by atoms with Crippen molar-refractivity contribution in [1.29, 1.82) is 0 Å². The van der Waals surface area contributed by atoms with Gasteiger partial charge in [-0.05, 0) is 82.3 Å². The molecule has 0 spiro atoms. The van der Waals surface area contributed by atoms with E-state index < -0.39 is 0 Å². The van der Waals surface area contributed by atoms with Crippen LogP contribution in [0.3, 0.4) is 0 Å². The molecule has 0 aliphatic heterocycles. The monoisotopic (exact) mass is 472 g/mol. The molecule has 2 aromatic rings. The summed E-state index contributed by atoms with van der Waals surface area (Å²) in [7, 11) is 0. The maximum absolute atomic E-state index is 12.9. The van der Waals surface area contributed by atoms with Crippen molar-refractivity contribution in [2.45, 2.75) is 71.9 Å². The van der Waals surface area contributed by atoms with E-state index in [9.17, 15) is 4.79 Å². The highest BCUT2D eigenvalue weighted by molar-refractivity contribution is 7.80. The highest BCUT2D eigenvalue weighted by atomic mass is 32.1. The van der Waals surface area contributed by atoms with E-state index >= 15 is 0 Å². The molecule has 1 aliphatic rings. The lowest BCUT2D eigenvalue weighted by Crippen LogP contribution is -2.47. The van der Waals surface area contributed by atoms with E-state index in [0.29, 0.717) is 19.2 Å². The van der Waals surface area contributed by atoms with E-state index in [1.807, 2.05) is 31.2 Å². The van der Waals surface area contributed by atoms with Crippen molar-refractivity contribution in [3.8, 4) is 5.75 Å². The number of benzene rings is 1. The molecular weight excluding hydrogens is 432 g/mol. The highest BCUT2D eigenvalue weighted by Crippen LogP contribution is 2.25. The third-order valence-electron chi connectivity index (χ3n) is 6.64. The molecule has 3 rings (SSSR count). The Morgan fingerprint density at radius 1 is 1.15 bits per heavy atom. The van der Waals surface area contributed by atoms with Crippen LogP contribution in [0.15, 0.2) is 29.1 Å². The van der Waals surface area contributed by atoms with Gasteiger partial charge in [-0.25, -0.2) is 0 Å². The summed E-state index contributed by atoms with van der Waals surface area (Å²) in [5.74, 6) is 0.817. The number of aromatic amines is 1. The molecule has 1 saturated carbocycles. The average molecular weight is 473 g/mol. The number of nitrogens with zero attached hydrogens (tertiary/aromatic N) is 2. The first-order valence-corrected chi connectivity index (χ1v) is 13.0. The molecule has 2 N–H and O–H groups in total. The second-order valence-corrected chi connectivity index (χ2v) is 9.22. The summed E-state index contributed by atoms with van der Waals surface area (Å²) in [6, 6.07) is 8.17. The van der Waals surface area contributed by atoms with Crippen LogP contribution in [0.4, 0.5) is 0 Å². The second-order valence-electron chi connectivity index (χ2n) is 8.84. The van der Waals surface area contributed by atoms with E-state index in [0.717, 1.165) is 72.8 Å². The molecule has 1 heterocycles. The van der Waals surface area contributed by atoms with Crippen LogP contribution >= 0.6 is 12.2 Å². The molecule has 182 valence electrons. The number of ether oxygens (including phenoxy) is 1. The van der Waals surface area contributed by atoms with Crippen LogP contribution in [0.2, 0.25) is 0 Å². The molecule has 7 heteroatoms. The van der Waals surface area contributed by atoms with E-state index in [1.54, 1.807) is 0 Å². The van der Waals surface area contributed by atoms with Gasteiger partial charge in [0.15, 0.2) is 5.11 Å². The quantitative estimate of drug-likeness (QED) is 0.366. The zero-order valence-corrected chi connectivity index (χ0v) is 21.3. The summed E-state index contributed by atoms with van der Waals surface area (Å²) in [5.41, 5.74) is 1.53. The highest BCUT2D eigenvalue weighted by Gasteiger charge is 2.24. The zero-order valence-electron chi connectivity index (χ0n) is 20.5. The van der Waals surface area contributed by atoms with Crippen molar-refractivity contribution in [2.75, 3.05) is 32.8 Å². The minimum absolute atomic E-state index is 0.0446. The van der Waals surface area contributed by atoms with Gasteiger partial charge in [0.25, 0.3) is 5.56 Å². The summed E-state index contributed by atoms with van der Waals surface area (Å²) in [5, 5.41) is 5.24. The number of aromatic nitrogens is 1. The Bertz CT molecular complexity index is 951. The molecule has 1 aromatic heterocycles. The normalized spacial score (nSPS) is 14.5. The van der Waals surface area contributed by atoms with Gasteiger partial charge in [-0.15, -0.1) is 0 Å². The number of nitrogens with one attached hydrogen (secondary N) is 2. The van der Waals surface area contributed by atoms with Crippen LogP contribution in [0.25, 0.3) is 10.9 Å². The van der Waals surface area contributed by atoms with Crippen molar-refractivity contribution in [2.24, 2.45) is 0 Å². The Morgan fingerprint density at radius 2 is 1.91 bits per heavy atom. The van der Waals surface area contributed by atoms with Crippen molar-refractivity contribution in [1.82, 2.24) is 20.1 Å². The Balaban J connectivity index is 1.75. The number of hydrogen-bond acceptors (Lipinski definition) is 4. The van der Waals surface area contributed by atoms with E-state index in [2.05, 4.69) is 33.9 Å². The van der Waals surface area contributed by atoms with Crippen molar-refractivity contribution in [3.05, 3.63) is 40.2 Å². The van der Waals surface area contributed by atoms with Gasteiger partial charge in [-0.3, -0.25) is 4.79 Å². The van der Waals surface area contributed by atoms with Gasteiger partial charge in [-0.2, -0.15) is 0 Å². The first kappa shape index (κ1) is 25.5. The van der Waals surface area contributed by atoms with Gasteiger partial charge in [0.05, 0.1) is 13.2 Å². The van der Waals surface area contributed by atoms with Crippen LogP contribution in [0.1, 0.15) is 64.9 Å². The fourth-order valence-corrected chi connectivity index (χ4v) is 5.00. The molecule has 1 fully saturated rings. The van der Waals surface area contributed by atoms with Gasteiger partial charge in [-0.1, -0.05) is 33.1 Å². The average Bonchev–Trinajstić information content (AvgIpc) is 2.83. The van der Waals surface area contributed by atoms with Crippen molar-refractivity contribution >= 4 is 28.2 Å². The Hall–Kier alpha value is -2.12. The minimum Gasteiger partial charge on any atom is -0.494 e. The lowest BCUT2D eigenvalue weighted by atomic mass is 9.94. The predicted octanol–water partition coefficient (Wildman–Crippen LogP) is 4.67. The van der Waals surface area contributed by atoms with Crippen molar-refractivity contribution in [3.63, 3.8) is 0 Å². The molecule has 1 aromatic carbocycles. The fraction of sp³-hybridized carbons (Fsp3) is 0.615. The SMILES string of the molecule is CCOc1ccc2[nH]c(=O)c(CN(C(=S)NCCCN(CC)CC)C3CCCCC3)cc2c1. The van der Waals surface area contributed by atoms with Gasteiger partial charge in [0.1, 0.15) is 5.75 Å². The number of thiocarbonyl (C=S) groups is 1. The molecule has 0 atom stereocenters. The molecule has 0 radical (unpaired) electrons. The van der Waals surface area contributed by atoms with E-state index in [-0.39, 0.29) is 5.56 Å². The third kappa shape index (κ3) is 7.18. The minimum atomic E-state index is -0.0446. The number of H-pyrrole nitrogens is 1. The van der Waals surface area contributed by atoms with Crippen LogP contribution in [0.5, 0.6) is 5.75 Å². The van der Waals surface area contributed by atoms with Crippen LogP contribution in [-0.4, -0.2) is 58.7 Å². The second kappa shape index (κ2) is 12.9. The van der Waals surface area contributed by atoms with Crippen molar-refractivity contribution < 1.29 is 4.74 Å². The Morgan fingerprint density at radius 3 is 2.61 bits per heavy atom. The molecule has 0 saturated heterocycles. The summed E-state index contributed by atoms with van der Waals surface area (Å²) in [6.45, 7) is 11.6.